The summed E-state index contributed by atoms with van der Waals surface area (Å²) in [5, 5.41) is 2.90. The zero-order valence-electron chi connectivity index (χ0n) is 13.0. The average Bonchev–Trinajstić information content (AvgIpc) is 3.01. The average molecular weight is 307 g/mol. The molecule has 0 aliphatic carbocycles. The zero-order valence-corrected chi connectivity index (χ0v) is 13.0. The molecule has 0 atom stereocenters. The summed E-state index contributed by atoms with van der Waals surface area (Å²) in [4.78, 5) is 19.7. The third-order valence-electron chi connectivity index (χ3n) is 3.58. The van der Waals surface area contributed by atoms with E-state index in [1.165, 1.54) is 0 Å². The number of amides is 1. The van der Waals surface area contributed by atoms with Gasteiger partial charge in [0.1, 0.15) is 5.75 Å². The van der Waals surface area contributed by atoms with Gasteiger partial charge in [-0.2, -0.15) is 0 Å². The van der Waals surface area contributed by atoms with Crippen LogP contribution in [0.4, 0.5) is 5.69 Å². The molecule has 1 amide bonds. The van der Waals surface area contributed by atoms with Gasteiger partial charge in [-0.15, -0.1) is 0 Å². The first-order valence-electron chi connectivity index (χ1n) is 7.23. The van der Waals surface area contributed by atoms with Crippen molar-refractivity contribution < 1.29 is 9.53 Å². The molecule has 0 aliphatic heterocycles. The summed E-state index contributed by atoms with van der Waals surface area (Å²) >= 11 is 0. The van der Waals surface area contributed by atoms with E-state index in [4.69, 9.17) is 4.74 Å². The van der Waals surface area contributed by atoms with Crippen LogP contribution in [0.25, 0.3) is 11.3 Å². The van der Waals surface area contributed by atoms with Crippen LogP contribution in [0.5, 0.6) is 5.75 Å². The standard InChI is InChI=1S/C18H17N3O2/c1-12-17(20-11-19-12)14-4-3-5-15(10-14)21-18(22)13-6-8-16(23-2)9-7-13/h3-11H,1-2H3,(H,19,20)(H,21,22). The molecule has 2 N–H and O–H groups in total. The monoisotopic (exact) mass is 307 g/mol. The fourth-order valence-corrected chi connectivity index (χ4v) is 2.34. The van der Waals surface area contributed by atoms with Crippen LogP contribution >= 0.6 is 0 Å². The third-order valence-corrected chi connectivity index (χ3v) is 3.58. The number of imidazole rings is 1. The van der Waals surface area contributed by atoms with Gasteiger partial charge in [0.05, 0.1) is 19.1 Å². The molecular weight excluding hydrogens is 290 g/mol. The van der Waals surface area contributed by atoms with E-state index >= 15 is 0 Å². The lowest BCUT2D eigenvalue weighted by Crippen LogP contribution is -2.11. The third kappa shape index (κ3) is 3.23. The number of aromatic amines is 1. The maximum absolute atomic E-state index is 12.3. The molecule has 0 radical (unpaired) electrons. The molecule has 0 saturated heterocycles. The number of anilines is 1. The van der Waals surface area contributed by atoms with Gasteiger partial charge >= 0.3 is 0 Å². The maximum Gasteiger partial charge on any atom is 0.255 e. The topological polar surface area (TPSA) is 67.0 Å². The Morgan fingerprint density at radius 3 is 2.61 bits per heavy atom. The van der Waals surface area contributed by atoms with Gasteiger partial charge in [0, 0.05) is 22.5 Å². The number of methoxy groups -OCH3 is 1. The number of rotatable bonds is 4. The first-order chi connectivity index (χ1) is 11.2. The van der Waals surface area contributed by atoms with Gasteiger partial charge in [0.25, 0.3) is 5.91 Å². The Morgan fingerprint density at radius 2 is 1.96 bits per heavy atom. The Labute approximate surface area is 134 Å². The van der Waals surface area contributed by atoms with E-state index < -0.39 is 0 Å². The second-order valence-corrected chi connectivity index (χ2v) is 5.14. The van der Waals surface area contributed by atoms with Gasteiger partial charge < -0.3 is 15.0 Å². The Kier molecular flexibility index (Phi) is 4.10. The van der Waals surface area contributed by atoms with Crippen LogP contribution in [0.15, 0.2) is 54.9 Å². The van der Waals surface area contributed by atoms with Crippen LogP contribution in [0.3, 0.4) is 0 Å². The summed E-state index contributed by atoms with van der Waals surface area (Å²) in [6.07, 6.45) is 1.66. The van der Waals surface area contributed by atoms with Gasteiger partial charge in [-0.1, -0.05) is 12.1 Å². The number of hydrogen-bond donors (Lipinski definition) is 2. The molecule has 0 fully saturated rings. The Balaban J connectivity index is 1.80. The second-order valence-electron chi connectivity index (χ2n) is 5.14. The number of carbonyl (C=O) groups excluding carboxylic acids is 1. The molecule has 1 heterocycles. The van der Waals surface area contributed by atoms with E-state index in [0.29, 0.717) is 5.56 Å². The minimum atomic E-state index is -0.163. The molecule has 1 aromatic heterocycles. The quantitative estimate of drug-likeness (QED) is 0.773. The SMILES string of the molecule is COc1ccc(C(=O)Nc2cccc(-c3nc[nH]c3C)c2)cc1. The zero-order chi connectivity index (χ0) is 16.2. The molecule has 0 spiro atoms. The fraction of sp³-hybridized carbons (Fsp3) is 0.111. The molecular formula is C18H17N3O2. The lowest BCUT2D eigenvalue weighted by Gasteiger charge is -2.08. The summed E-state index contributed by atoms with van der Waals surface area (Å²) in [6.45, 7) is 1.96. The number of aromatic nitrogens is 2. The van der Waals surface area contributed by atoms with E-state index in [-0.39, 0.29) is 5.91 Å². The molecule has 23 heavy (non-hydrogen) atoms. The lowest BCUT2D eigenvalue weighted by molar-refractivity contribution is 0.102. The maximum atomic E-state index is 12.3. The summed E-state index contributed by atoms with van der Waals surface area (Å²) in [5.41, 5.74) is 4.13. The summed E-state index contributed by atoms with van der Waals surface area (Å²) in [5.74, 6) is 0.557. The van der Waals surface area contributed by atoms with Crippen LogP contribution in [0, 0.1) is 6.92 Å². The largest absolute Gasteiger partial charge is 0.497 e. The first kappa shape index (κ1) is 14.8. The van der Waals surface area contributed by atoms with Crippen molar-refractivity contribution >= 4 is 11.6 Å². The van der Waals surface area contributed by atoms with Crippen LogP contribution in [-0.4, -0.2) is 23.0 Å². The van der Waals surface area contributed by atoms with E-state index in [0.717, 1.165) is 28.4 Å². The van der Waals surface area contributed by atoms with Crippen molar-refractivity contribution in [1.82, 2.24) is 9.97 Å². The van der Waals surface area contributed by atoms with Crippen molar-refractivity contribution in [2.45, 2.75) is 6.92 Å². The highest BCUT2D eigenvalue weighted by Crippen LogP contribution is 2.23. The van der Waals surface area contributed by atoms with E-state index in [9.17, 15) is 4.79 Å². The predicted molar refractivity (Wildman–Crippen MR) is 89.7 cm³/mol. The molecule has 0 saturated carbocycles. The highest BCUT2D eigenvalue weighted by atomic mass is 16.5. The Hall–Kier alpha value is -3.08. The number of hydrogen-bond acceptors (Lipinski definition) is 3. The van der Waals surface area contributed by atoms with Gasteiger partial charge in [-0.3, -0.25) is 4.79 Å². The number of nitrogens with one attached hydrogen (secondary N) is 2. The molecule has 0 aliphatic rings. The Morgan fingerprint density at radius 1 is 1.17 bits per heavy atom. The summed E-state index contributed by atoms with van der Waals surface area (Å²) < 4.78 is 5.09. The van der Waals surface area contributed by atoms with Crippen molar-refractivity contribution in [3.8, 4) is 17.0 Å². The first-order valence-corrected chi connectivity index (χ1v) is 7.23. The van der Waals surface area contributed by atoms with Crippen molar-refractivity contribution in [2.24, 2.45) is 0 Å². The number of aryl methyl sites for hydroxylation is 1. The number of H-pyrrole nitrogens is 1. The minimum Gasteiger partial charge on any atom is -0.497 e. The van der Waals surface area contributed by atoms with E-state index in [2.05, 4.69) is 15.3 Å². The van der Waals surface area contributed by atoms with E-state index in [1.807, 2.05) is 31.2 Å². The molecule has 116 valence electrons. The van der Waals surface area contributed by atoms with Crippen LogP contribution in [0.1, 0.15) is 16.1 Å². The van der Waals surface area contributed by atoms with Crippen LogP contribution < -0.4 is 10.1 Å². The summed E-state index contributed by atoms with van der Waals surface area (Å²) in [6, 6.07) is 14.6. The van der Waals surface area contributed by atoms with Crippen LogP contribution in [0.2, 0.25) is 0 Å². The number of nitrogens with zero attached hydrogens (tertiary/aromatic N) is 1. The number of carbonyl (C=O) groups is 1. The number of benzene rings is 2. The molecule has 0 bridgehead atoms. The highest BCUT2D eigenvalue weighted by molar-refractivity contribution is 6.04. The molecule has 5 heteroatoms. The smallest absolute Gasteiger partial charge is 0.255 e. The normalized spacial score (nSPS) is 10.3. The molecule has 5 nitrogen and oxygen atoms in total. The molecule has 3 aromatic rings. The van der Waals surface area contributed by atoms with Gasteiger partial charge in [-0.05, 0) is 43.3 Å². The second kappa shape index (κ2) is 6.36. The van der Waals surface area contributed by atoms with Gasteiger partial charge in [0.2, 0.25) is 0 Å². The van der Waals surface area contributed by atoms with Gasteiger partial charge in [-0.25, -0.2) is 4.98 Å². The molecule has 2 aromatic carbocycles. The van der Waals surface area contributed by atoms with Crippen molar-refractivity contribution in [1.29, 1.82) is 0 Å². The highest BCUT2D eigenvalue weighted by Gasteiger charge is 2.09. The minimum absolute atomic E-state index is 0.163. The molecule has 0 unspecified atom stereocenters. The number of ether oxygens (including phenoxy) is 1. The van der Waals surface area contributed by atoms with Crippen LogP contribution in [-0.2, 0) is 0 Å². The predicted octanol–water partition coefficient (Wildman–Crippen LogP) is 3.65. The Bertz CT molecular complexity index is 822. The van der Waals surface area contributed by atoms with E-state index in [1.54, 1.807) is 37.7 Å². The lowest BCUT2D eigenvalue weighted by atomic mass is 10.1. The van der Waals surface area contributed by atoms with Crippen molar-refractivity contribution in [3.05, 3.63) is 66.1 Å². The van der Waals surface area contributed by atoms with Gasteiger partial charge in [0.15, 0.2) is 0 Å². The van der Waals surface area contributed by atoms with Crippen molar-refractivity contribution in [3.63, 3.8) is 0 Å². The fourth-order valence-electron chi connectivity index (χ4n) is 2.34. The molecule has 3 rings (SSSR count). The van der Waals surface area contributed by atoms with Crippen molar-refractivity contribution in [2.75, 3.05) is 12.4 Å². The summed E-state index contributed by atoms with van der Waals surface area (Å²) in [7, 11) is 1.59.